The van der Waals surface area contributed by atoms with Gasteiger partial charge in [0.1, 0.15) is 0 Å². The van der Waals surface area contributed by atoms with Gasteiger partial charge in [-0.1, -0.05) is 30.3 Å². The highest BCUT2D eigenvalue weighted by atomic mass is 16.5. The van der Waals surface area contributed by atoms with E-state index in [1.807, 2.05) is 60.1 Å². The summed E-state index contributed by atoms with van der Waals surface area (Å²) in [4.78, 5) is 15.0. The number of nitrogens with one attached hydrogen (secondary N) is 1. The van der Waals surface area contributed by atoms with Crippen LogP contribution in [0.4, 0.5) is 0 Å². The Labute approximate surface area is 183 Å². The molecular formula is C25H30N4O2. The number of nitrogens with zero attached hydrogens (tertiary/aromatic N) is 3. The summed E-state index contributed by atoms with van der Waals surface area (Å²) in [5, 5.41) is 7.68. The molecule has 0 aliphatic carbocycles. The summed E-state index contributed by atoms with van der Waals surface area (Å²) in [6, 6.07) is 18.0. The largest absolute Gasteiger partial charge is 0.379 e. The number of para-hydroxylation sites is 1. The first-order valence-corrected chi connectivity index (χ1v) is 11.0. The second kappa shape index (κ2) is 10.4. The van der Waals surface area contributed by atoms with Gasteiger partial charge in [0.2, 0.25) is 0 Å². The van der Waals surface area contributed by atoms with Crippen molar-refractivity contribution >= 4 is 5.91 Å². The molecule has 1 aromatic heterocycles. The van der Waals surface area contributed by atoms with Gasteiger partial charge in [0.05, 0.1) is 24.6 Å². The molecule has 0 saturated carbocycles. The van der Waals surface area contributed by atoms with E-state index in [-0.39, 0.29) is 5.91 Å². The highest BCUT2D eigenvalue weighted by molar-refractivity contribution is 5.94. The Bertz CT molecular complexity index is 994. The van der Waals surface area contributed by atoms with E-state index in [0.29, 0.717) is 6.54 Å². The molecule has 6 heteroatoms. The zero-order valence-electron chi connectivity index (χ0n) is 18.1. The summed E-state index contributed by atoms with van der Waals surface area (Å²) in [6.45, 7) is 6.98. The number of carbonyl (C=O) groups excluding carboxylic acids is 1. The van der Waals surface area contributed by atoms with Gasteiger partial charge < -0.3 is 10.1 Å². The van der Waals surface area contributed by atoms with Crippen molar-refractivity contribution in [2.45, 2.75) is 26.3 Å². The fourth-order valence-electron chi connectivity index (χ4n) is 3.87. The highest BCUT2D eigenvalue weighted by Gasteiger charge is 2.12. The van der Waals surface area contributed by atoms with E-state index in [0.717, 1.165) is 62.6 Å². The summed E-state index contributed by atoms with van der Waals surface area (Å²) in [5.74, 6) is -0.0134. The van der Waals surface area contributed by atoms with Gasteiger partial charge in [0, 0.05) is 37.9 Å². The summed E-state index contributed by atoms with van der Waals surface area (Å²) in [5.41, 5.74) is 5.19. The molecule has 1 fully saturated rings. The van der Waals surface area contributed by atoms with Gasteiger partial charge in [0.25, 0.3) is 5.91 Å². The van der Waals surface area contributed by atoms with Crippen LogP contribution in [0.3, 0.4) is 0 Å². The van der Waals surface area contributed by atoms with Gasteiger partial charge in [-0.05, 0) is 55.2 Å². The Morgan fingerprint density at radius 2 is 1.90 bits per heavy atom. The molecule has 0 radical (unpaired) electrons. The molecule has 31 heavy (non-hydrogen) atoms. The summed E-state index contributed by atoms with van der Waals surface area (Å²) < 4.78 is 7.33. The topological polar surface area (TPSA) is 59.4 Å². The second-order valence-electron chi connectivity index (χ2n) is 7.97. The van der Waals surface area contributed by atoms with Gasteiger partial charge >= 0.3 is 0 Å². The standard InChI is InChI=1S/C25H30N4O2/c1-20-23(19-29(27-20)24-10-3-2-4-11-24)9-6-12-26-25(30)22-8-5-7-21(17-22)18-28-13-15-31-16-14-28/h2-5,7-8,10-11,17,19H,6,9,12-16,18H2,1H3,(H,26,30). The third-order valence-electron chi connectivity index (χ3n) is 5.63. The molecule has 1 amide bonds. The maximum atomic E-state index is 12.6. The van der Waals surface area contributed by atoms with Crippen molar-refractivity contribution in [1.82, 2.24) is 20.0 Å². The van der Waals surface area contributed by atoms with Crippen molar-refractivity contribution in [1.29, 1.82) is 0 Å². The lowest BCUT2D eigenvalue weighted by Gasteiger charge is -2.26. The molecule has 0 spiro atoms. The molecule has 1 N–H and O–H groups in total. The van der Waals surface area contributed by atoms with Crippen molar-refractivity contribution in [3.05, 3.63) is 83.2 Å². The number of rotatable bonds is 8. The van der Waals surface area contributed by atoms with Crippen LogP contribution in [0, 0.1) is 6.92 Å². The monoisotopic (exact) mass is 418 g/mol. The number of aromatic nitrogens is 2. The first-order valence-electron chi connectivity index (χ1n) is 11.0. The van der Waals surface area contributed by atoms with Crippen molar-refractivity contribution in [2.24, 2.45) is 0 Å². The van der Waals surface area contributed by atoms with Gasteiger partial charge in [0.15, 0.2) is 0 Å². The summed E-state index contributed by atoms with van der Waals surface area (Å²) in [6.07, 6.45) is 3.85. The van der Waals surface area contributed by atoms with Crippen LogP contribution >= 0.6 is 0 Å². The third kappa shape index (κ3) is 5.81. The van der Waals surface area contributed by atoms with Gasteiger partial charge in [-0.25, -0.2) is 4.68 Å². The number of benzene rings is 2. The van der Waals surface area contributed by atoms with Crippen molar-refractivity contribution in [3.8, 4) is 5.69 Å². The summed E-state index contributed by atoms with van der Waals surface area (Å²) >= 11 is 0. The fourth-order valence-corrected chi connectivity index (χ4v) is 3.87. The number of ether oxygens (including phenoxy) is 1. The van der Waals surface area contributed by atoms with Crippen LogP contribution in [0.15, 0.2) is 60.8 Å². The predicted octanol–water partition coefficient (Wildman–Crippen LogP) is 3.38. The predicted molar refractivity (Wildman–Crippen MR) is 121 cm³/mol. The van der Waals surface area contributed by atoms with Crippen molar-refractivity contribution in [2.75, 3.05) is 32.8 Å². The molecule has 1 aliphatic rings. The van der Waals surface area contributed by atoms with E-state index in [1.165, 1.54) is 11.1 Å². The van der Waals surface area contributed by atoms with E-state index in [9.17, 15) is 4.79 Å². The molecular weight excluding hydrogens is 388 g/mol. The number of morpholine rings is 1. The molecule has 6 nitrogen and oxygen atoms in total. The molecule has 1 aliphatic heterocycles. The Morgan fingerprint density at radius 1 is 1.10 bits per heavy atom. The van der Waals surface area contributed by atoms with E-state index < -0.39 is 0 Å². The molecule has 162 valence electrons. The van der Waals surface area contributed by atoms with Gasteiger partial charge in [-0.3, -0.25) is 9.69 Å². The molecule has 2 aromatic carbocycles. The zero-order valence-corrected chi connectivity index (χ0v) is 18.1. The number of aryl methyl sites for hydroxylation is 2. The number of hydrogen-bond acceptors (Lipinski definition) is 4. The maximum absolute atomic E-state index is 12.6. The summed E-state index contributed by atoms with van der Waals surface area (Å²) in [7, 11) is 0. The molecule has 1 saturated heterocycles. The van der Waals surface area contributed by atoms with Crippen LogP contribution < -0.4 is 5.32 Å². The molecule has 4 rings (SSSR count). The molecule has 0 bridgehead atoms. The molecule has 0 unspecified atom stereocenters. The second-order valence-corrected chi connectivity index (χ2v) is 7.97. The minimum atomic E-state index is -0.0134. The average molecular weight is 419 g/mol. The Balaban J connectivity index is 1.26. The van der Waals surface area contributed by atoms with Gasteiger partial charge in [-0.15, -0.1) is 0 Å². The fraction of sp³-hybridized carbons (Fsp3) is 0.360. The van der Waals surface area contributed by atoms with Crippen LogP contribution in [0.5, 0.6) is 0 Å². The van der Waals surface area contributed by atoms with Crippen LogP contribution in [0.1, 0.15) is 33.6 Å². The van der Waals surface area contributed by atoms with E-state index in [2.05, 4.69) is 27.6 Å². The van der Waals surface area contributed by atoms with Crippen molar-refractivity contribution < 1.29 is 9.53 Å². The first-order chi connectivity index (χ1) is 15.2. The zero-order chi connectivity index (χ0) is 21.5. The lowest BCUT2D eigenvalue weighted by molar-refractivity contribution is 0.0342. The highest BCUT2D eigenvalue weighted by Crippen LogP contribution is 2.14. The molecule has 3 aromatic rings. The van der Waals surface area contributed by atoms with Crippen LogP contribution in [0.25, 0.3) is 5.69 Å². The van der Waals surface area contributed by atoms with Crippen molar-refractivity contribution in [3.63, 3.8) is 0 Å². The van der Waals surface area contributed by atoms with E-state index in [1.54, 1.807) is 0 Å². The smallest absolute Gasteiger partial charge is 0.251 e. The lowest BCUT2D eigenvalue weighted by Crippen LogP contribution is -2.35. The van der Waals surface area contributed by atoms with E-state index in [4.69, 9.17) is 4.74 Å². The average Bonchev–Trinajstić information content (AvgIpc) is 3.18. The SMILES string of the molecule is Cc1nn(-c2ccccc2)cc1CCCNC(=O)c1cccc(CN2CCOCC2)c1. The molecule has 2 heterocycles. The maximum Gasteiger partial charge on any atom is 0.251 e. The lowest BCUT2D eigenvalue weighted by atomic mass is 10.1. The quantitative estimate of drug-likeness (QED) is 0.570. The van der Waals surface area contributed by atoms with Crippen LogP contribution in [0.2, 0.25) is 0 Å². The Kier molecular flexibility index (Phi) is 7.12. The molecule has 0 atom stereocenters. The minimum Gasteiger partial charge on any atom is -0.379 e. The number of hydrogen-bond donors (Lipinski definition) is 1. The first kappa shape index (κ1) is 21.3. The third-order valence-corrected chi connectivity index (χ3v) is 5.63. The number of amides is 1. The normalized spacial score (nSPS) is 14.5. The van der Waals surface area contributed by atoms with E-state index >= 15 is 0 Å². The Morgan fingerprint density at radius 3 is 2.71 bits per heavy atom. The number of carbonyl (C=O) groups is 1. The van der Waals surface area contributed by atoms with Crippen LogP contribution in [-0.2, 0) is 17.7 Å². The minimum absolute atomic E-state index is 0.0134. The Hall–Kier alpha value is -2.96. The van der Waals surface area contributed by atoms with Gasteiger partial charge in [-0.2, -0.15) is 5.10 Å². The van der Waals surface area contributed by atoms with Crippen LogP contribution in [-0.4, -0.2) is 53.4 Å².